The van der Waals surface area contributed by atoms with Gasteiger partial charge in [0.1, 0.15) is 5.75 Å². The van der Waals surface area contributed by atoms with Crippen LogP contribution >= 0.6 is 11.6 Å². The van der Waals surface area contributed by atoms with Gasteiger partial charge >= 0.3 is 0 Å². The van der Waals surface area contributed by atoms with E-state index in [1.54, 1.807) is 74.5 Å². The highest BCUT2D eigenvalue weighted by atomic mass is 35.5. The minimum Gasteiger partial charge on any atom is -0.478 e. The first kappa shape index (κ1) is 20.4. The van der Waals surface area contributed by atoms with Gasteiger partial charge in [0, 0.05) is 11.4 Å². The molecule has 0 heterocycles. The number of hydrogen-bond acceptors (Lipinski definition) is 3. The average Bonchev–Trinajstić information content (AvgIpc) is 2.70. The number of benzene rings is 3. The number of ether oxygens (including phenoxy) is 1. The van der Waals surface area contributed by atoms with Crippen LogP contribution in [0.15, 0.2) is 78.9 Å². The summed E-state index contributed by atoms with van der Waals surface area (Å²) in [6.45, 7) is 3.40. The summed E-state index contributed by atoms with van der Waals surface area (Å²) in [5, 5.41) is 5.99. The third kappa shape index (κ3) is 5.36. The van der Waals surface area contributed by atoms with Crippen molar-refractivity contribution in [2.24, 2.45) is 0 Å². The lowest BCUT2D eigenvalue weighted by molar-refractivity contribution is -0.128. The zero-order valence-electron chi connectivity index (χ0n) is 16.1. The molecule has 29 heavy (non-hydrogen) atoms. The molecule has 0 saturated heterocycles. The number of hydrogen-bond donors (Lipinski definition) is 2. The van der Waals surface area contributed by atoms with Crippen LogP contribution in [0.1, 0.15) is 24.2 Å². The summed E-state index contributed by atoms with van der Waals surface area (Å²) in [4.78, 5) is 24.9. The van der Waals surface area contributed by atoms with E-state index in [1.165, 1.54) is 0 Å². The van der Waals surface area contributed by atoms with Crippen LogP contribution < -0.4 is 15.4 Å². The molecule has 148 valence electrons. The van der Waals surface area contributed by atoms with E-state index < -0.39 is 5.60 Å². The maximum atomic E-state index is 12.6. The monoisotopic (exact) mass is 408 g/mol. The van der Waals surface area contributed by atoms with Crippen molar-refractivity contribution in [3.8, 4) is 5.75 Å². The maximum absolute atomic E-state index is 12.6. The van der Waals surface area contributed by atoms with Gasteiger partial charge in [-0.2, -0.15) is 0 Å². The van der Waals surface area contributed by atoms with Crippen molar-refractivity contribution in [2.45, 2.75) is 19.4 Å². The second kappa shape index (κ2) is 8.80. The first-order chi connectivity index (χ1) is 13.8. The van der Waals surface area contributed by atoms with Crippen molar-refractivity contribution in [3.63, 3.8) is 0 Å². The molecule has 3 rings (SSSR count). The van der Waals surface area contributed by atoms with Gasteiger partial charge in [-0.25, -0.2) is 0 Å². The summed E-state index contributed by atoms with van der Waals surface area (Å²) >= 11 is 6.05. The Morgan fingerprint density at radius 2 is 1.34 bits per heavy atom. The molecule has 0 radical (unpaired) electrons. The zero-order valence-corrected chi connectivity index (χ0v) is 16.9. The minimum atomic E-state index is -1.06. The van der Waals surface area contributed by atoms with E-state index in [0.29, 0.717) is 27.7 Å². The molecule has 5 nitrogen and oxygen atoms in total. The molecule has 2 amide bonds. The molecule has 3 aromatic rings. The standard InChI is InChI=1S/C23H21ClN2O3/c1-23(2,29-18-8-4-3-5-9-18)22(28)26-17-14-12-16(13-15-17)25-21(27)19-10-6-7-11-20(19)24/h3-15H,1-2H3,(H,25,27)(H,26,28). The van der Waals surface area contributed by atoms with Gasteiger partial charge in [-0.3, -0.25) is 9.59 Å². The van der Waals surface area contributed by atoms with Crippen molar-refractivity contribution in [1.29, 1.82) is 0 Å². The van der Waals surface area contributed by atoms with Crippen molar-refractivity contribution in [1.82, 2.24) is 0 Å². The van der Waals surface area contributed by atoms with Crippen molar-refractivity contribution in [2.75, 3.05) is 10.6 Å². The van der Waals surface area contributed by atoms with Crippen LogP contribution in [-0.4, -0.2) is 17.4 Å². The van der Waals surface area contributed by atoms with Gasteiger partial charge in [0.25, 0.3) is 11.8 Å². The summed E-state index contributed by atoms with van der Waals surface area (Å²) in [5.41, 5.74) is 0.521. The van der Waals surface area contributed by atoms with Crippen molar-refractivity contribution >= 4 is 34.8 Å². The largest absolute Gasteiger partial charge is 0.478 e. The van der Waals surface area contributed by atoms with Gasteiger partial charge in [0.15, 0.2) is 5.60 Å². The van der Waals surface area contributed by atoms with Gasteiger partial charge in [0.2, 0.25) is 0 Å². The van der Waals surface area contributed by atoms with Crippen LogP contribution in [0.5, 0.6) is 5.75 Å². The molecule has 0 aliphatic rings. The number of amides is 2. The second-order valence-corrected chi connectivity index (χ2v) is 7.30. The highest BCUT2D eigenvalue weighted by Gasteiger charge is 2.30. The van der Waals surface area contributed by atoms with E-state index in [1.807, 2.05) is 18.2 Å². The normalized spacial score (nSPS) is 10.9. The third-order valence-corrected chi connectivity index (χ3v) is 4.51. The Balaban J connectivity index is 1.62. The van der Waals surface area contributed by atoms with E-state index >= 15 is 0 Å². The Kier molecular flexibility index (Phi) is 6.20. The van der Waals surface area contributed by atoms with Crippen LogP contribution in [0.2, 0.25) is 5.02 Å². The van der Waals surface area contributed by atoms with Gasteiger partial charge in [-0.1, -0.05) is 41.9 Å². The average molecular weight is 409 g/mol. The van der Waals surface area contributed by atoms with Gasteiger partial charge in [-0.15, -0.1) is 0 Å². The number of halogens is 1. The highest BCUT2D eigenvalue weighted by Crippen LogP contribution is 2.22. The summed E-state index contributed by atoms with van der Waals surface area (Å²) in [7, 11) is 0. The molecule has 0 aliphatic carbocycles. The lowest BCUT2D eigenvalue weighted by atomic mass is 10.1. The first-order valence-corrected chi connectivity index (χ1v) is 9.44. The van der Waals surface area contributed by atoms with Crippen molar-refractivity contribution < 1.29 is 14.3 Å². The predicted molar refractivity (Wildman–Crippen MR) is 116 cm³/mol. The van der Waals surface area contributed by atoms with E-state index in [0.717, 1.165) is 0 Å². The van der Waals surface area contributed by atoms with Crippen LogP contribution in [0, 0.1) is 0 Å². The SMILES string of the molecule is CC(C)(Oc1ccccc1)C(=O)Nc1ccc(NC(=O)c2ccccc2Cl)cc1. The third-order valence-electron chi connectivity index (χ3n) is 4.18. The molecule has 0 spiro atoms. The van der Waals surface area contributed by atoms with Gasteiger partial charge in [0.05, 0.1) is 10.6 Å². The molecule has 3 aromatic carbocycles. The fourth-order valence-corrected chi connectivity index (χ4v) is 2.81. The van der Waals surface area contributed by atoms with Gasteiger partial charge in [-0.05, 0) is 62.4 Å². The number of rotatable bonds is 6. The number of anilines is 2. The molecule has 0 aliphatic heterocycles. The fourth-order valence-electron chi connectivity index (χ4n) is 2.59. The molecule has 2 N–H and O–H groups in total. The Labute approximate surface area is 174 Å². The Bertz CT molecular complexity index is 1000. The lowest BCUT2D eigenvalue weighted by Crippen LogP contribution is -2.42. The number of nitrogens with one attached hydrogen (secondary N) is 2. The summed E-state index contributed by atoms with van der Waals surface area (Å²) in [5.74, 6) is 0.0317. The summed E-state index contributed by atoms with van der Waals surface area (Å²) < 4.78 is 5.79. The predicted octanol–water partition coefficient (Wildman–Crippen LogP) is 5.39. The Morgan fingerprint density at radius 1 is 0.793 bits per heavy atom. The lowest BCUT2D eigenvalue weighted by Gasteiger charge is -2.25. The molecular weight excluding hydrogens is 388 g/mol. The Morgan fingerprint density at radius 3 is 1.97 bits per heavy atom. The topological polar surface area (TPSA) is 67.4 Å². The van der Waals surface area contributed by atoms with Crippen LogP contribution in [0.25, 0.3) is 0 Å². The van der Waals surface area contributed by atoms with Crippen LogP contribution in [0.4, 0.5) is 11.4 Å². The zero-order chi connectivity index (χ0) is 20.9. The van der Waals surface area contributed by atoms with Crippen LogP contribution in [0.3, 0.4) is 0 Å². The van der Waals surface area contributed by atoms with E-state index in [4.69, 9.17) is 16.3 Å². The Hall–Kier alpha value is -3.31. The minimum absolute atomic E-state index is 0.283. The molecule has 0 unspecified atom stereocenters. The van der Waals surface area contributed by atoms with E-state index in [2.05, 4.69) is 10.6 Å². The maximum Gasteiger partial charge on any atom is 0.267 e. The van der Waals surface area contributed by atoms with Crippen molar-refractivity contribution in [3.05, 3.63) is 89.4 Å². The molecule has 0 saturated carbocycles. The molecule has 0 bridgehead atoms. The number of para-hydroxylation sites is 1. The summed E-state index contributed by atoms with van der Waals surface area (Å²) in [6.07, 6.45) is 0. The quantitative estimate of drug-likeness (QED) is 0.574. The number of carbonyl (C=O) groups excluding carboxylic acids is 2. The van der Waals surface area contributed by atoms with E-state index in [9.17, 15) is 9.59 Å². The molecule has 0 fully saturated rings. The molecular formula is C23H21ClN2O3. The molecule has 0 atom stereocenters. The smallest absolute Gasteiger partial charge is 0.267 e. The first-order valence-electron chi connectivity index (χ1n) is 9.06. The van der Waals surface area contributed by atoms with Gasteiger partial charge < -0.3 is 15.4 Å². The second-order valence-electron chi connectivity index (χ2n) is 6.89. The van der Waals surface area contributed by atoms with Crippen LogP contribution in [-0.2, 0) is 4.79 Å². The highest BCUT2D eigenvalue weighted by molar-refractivity contribution is 6.34. The molecule has 0 aromatic heterocycles. The van der Waals surface area contributed by atoms with E-state index in [-0.39, 0.29) is 11.8 Å². The fraction of sp³-hybridized carbons (Fsp3) is 0.130. The number of carbonyl (C=O) groups is 2. The summed E-state index contributed by atoms with van der Waals surface area (Å²) in [6, 6.07) is 22.8. The molecule has 6 heteroatoms.